The minimum absolute atomic E-state index is 0. The Morgan fingerprint density at radius 3 is 2.48 bits per heavy atom. The Bertz CT molecular complexity index is 906. The maximum atomic E-state index is 10.8. The summed E-state index contributed by atoms with van der Waals surface area (Å²) in [7, 11) is -4.14. The number of anilines is 1. The van der Waals surface area contributed by atoms with Gasteiger partial charge in [0.2, 0.25) is 0 Å². The standard InChI is InChI=1S/C19H23NO3S.K/c1-14-19(2,3)18-16-9-5-4-8-15(16)10-11-17(18)20(14)12-6-7-13-24(21,22)23;/h4-5,8-11H,1,6-7,12-13H2,2-3H3,(H,21,22,23);/q;+1/p-1. The van der Waals surface area contributed by atoms with Gasteiger partial charge in [-0.1, -0.05) is 50.8 Å². The van der Waals surface area contributed by atoms with Crippen molar-refractivity contribution in [3.63, 3.8) is 0 Å². The molecule has 0 N–H and O–H groups in total. The van der Waals surface area contributed by atoms with Crippen LogP contribution in [-0.2, 0) is 15.5 Å². The van der Waals surface area contributed by atoms with E-state index in [2.05, 4.69) is 49.6 Å². The first-order valence-corrected chi connectivity index (χ1v) is 9.72. The number of unbranched alkanes of at least 4 members (excludes halogenated alkanes) is 1. The average molecular weight is 384 g/mol. The van der Waals surface area contributed by atoms with Gasteiger partial charge in [0.05, 0.1) is 10.1 Å². The summed E-state index contributed by atoms with van der Waals surface area (Å²) >= 11 is 0. The molecule has 0 aliphatic carbocycles. The average Bonchev–Trinajstić information content (AvgIpc) is 2.71. The Labute approximate surface area is 192 Å². The third-order valence-electron chi connectivity index (χ3n) is 4.90. The van der Waals surface area contributed by atoms with Crippen LogP contribution in [0.15, 0.2) is 48.7 Å². The maximum Gasteiger partial charge on any atom is 1.00 e. The molecule has 0 saturated carbocycles. The van der Waals surface area contributed by atoms with Gasteiger partial charge in [0.15, 0.2) is 0 Å². The molecule has 0 spiro atoms. The minimum atomic E-state index is -4.14. The molecule has 2 aromatic rings. The van der Waals surface area contributed by atoms with Crippen LogP contribution in [0.2, 0.25) is 0 Å². The Morgan fingerprint density at radius 1 is 1.12 bits per heavy atom. The number of hydrogen-bond donors (Lipinski definition) is 0. The maximum absolute atomic E-state index is 10.8. The van der Waals surface area contributed by atoms with E-state index in [1.54, 1.807) is 0 Å². The summed E-state index contributed by atoms with van der Waals surface area (Å²) in [6, 6.07) is 12.5. The summed E-state index contributed by atoms with van der Waals surface area (Å²) in [5, 5.41) is 2.43. The smallest absolute Gasteiger partial charge is 0.748 e. The normalized spacial score (nSPS) is 16.0. The van der Waals surface area contributed by atoms with E-state index >= 15 is 0 Å². The van der Waals surface area contributed by atoms with E-state index in [1.807, 2.05) is 12.1 Å². The van der Waals surface area contributed by atoms with Crippen LogP contribution in [0.5, 0.6) is 0 Å². The van der Waals surface area contributed by atoms with Crippen molar-refractivity contribution in [2.75, 3.05) is 17.2 Å². The fourth-order valence-electron chi connectivity index (χ4n) is 3.57. The van der Waals surface area contributed by atoms with Crippen molar-refractivity contribution in [2.24, 2.45) is 0 Å². The van der Waals surface area contributed by atoms with Gasteiger partial charge in [0.1, 0.15) is 0 Å². The largest absolute Gasteiger partial charge is 1.00 e. The van der Waals surface area contributed by atoms with E-state index < -0.39 is 10.1 Å². The Kier molecular flexibility index (Phi) is 6.58. The van der Waals surface area contributed by atoms with E-state index in [9.17, 15) is 13.0 Å². The van der Waals surface area contributed by atoms with Crippen LogP contribution in [-0.4, -0.2) is 25.3 Å². The molecule has 0 amide bonds. The van der Waals surface area contributed by atoms with E-state index in [1.165, 1.54) is 16.3 Å². The van der Waals surface area contributed by atoms with E-state index in [4.69, 9.17) is 0 Å². The van der Waals surface area contributed by atoms with Crippen LogP contribution in [0.1, 0.15) is 32.3 Å². The van der Waals surface area contributed by atoms with Crippen LogP contribution < -0.4 is 56.3 Å². The molecule has 2 aromatic carbocycles. The molecule has 0 radical (unpaired) electrons. The van der Waals surface area contributed by atoms with Crippen molar-refractivity contribution in [3.8, 4) is 0 Å². The molecule has 4 nitrogen and oxygen atoms in total. The van der Waals surface area contributed by atoms with Crippen molar-refractivity contribution >= 4 is 26.6 Å². The third-order valence-corrected chi connectivity index (χ3v) is 5.68. The fourth-order valence-corrected chi connectivity index (χ4v) is 4.13. The van der Waals surface area contributed by atoms with Crippen LogP contribution in [0, 0.1) is 0 Å². The Hall–Kier alpha value is -0.214. The Balaban J connectivity index is 0.00000225. The molecule has 0 atom stereocenters. The first-order chi connectivity index (χ1) is 11.2. The summed E-state index contributed by atoms with van der Waals surface area (Å²) in [5.41, 5.74) is 3.23. The van der Waals surface area contributed by atoms with Crippen molar-refractivity contribution < 1.29 is 64.4 Å². The summed E-state index contributed by atoms with van der Waals surface area (Å²) in [6.45, 7) is 9.29. The first-order valence-electron chi connectivity index (χ1n) is 8.14. The number of benzene rings is 2. The van der Waals surface area contributed by atoms with Gasteiger partial charge < -0.3 is 9.45 Å². The molecular weight excluding hydrogens is 361 g/mol. The van der Waals surface area contributed by atoms with Crippen LogP contribution in [0.25, 0.3) is 10.8 Å². The van der Waals surface area contributed by atoms with Gasteiger partial charge >= 0.3 is 51.4 Å². The quantitative estimate of drug-likeness (QED) is 0.435. The molecule has 128 valence electrons. The molecule has 1 aliphatic heterocycles. The fraction of sp³-hybridized carbons (Fsp3) is 0.368. The second kappa shape index (κ2) is 7.80. The zero-order chi connectivity index (χ0) is 17.5. The SMILES string of the molecule is C=C1N(CCCCS(=O)(=O)[O-])c2ccc3ccccc3c2C1(C)C.[K+]. The van der Waals surface area contributed by atoms with Gasteiger partial charge in [-0.3, -0.25) is 0 Å². The number of fused-ring (bicyclic) bond motifs is 3. The monoisotopic (exact) mass is 383 g/mol. The Morgan fingerprint density at radius 2 is 1.80 bits per heavy atom. The van der Waals surface area contributed by atoms with Crippen LogP contribution in [0.3, 0.4) is 0 Å². The van der Waals surface area contributed by atoms with Crippen LogP contribution in [0.4, 0.5) is 5.69 Å². The van der Waals surface area contributed by atoms with Crippen molar-refractivity contribution in [3.05, 3.63) is 54.2 Å². The van der Waals surface area contributed by atoms with Gasteiger partial charge in [0, 0.05) is 29.1 Å². The zero-order valence-corrected chi connectivity index (χ0v) is 19.0. The van der Waals surface area contributed by atoms with Gasteiger partial charge in [0.25, 0.3) is 0 Å². The van der Waals surface area contributed by atoms with E-state index in [-0.39, 0.29) is 62.6 Å². The predicted octanol–water partition coefficient (Wildman–Crippen LogP) is 0.780. The molecule has 3 rings (SSSR count). The first kappa shape index (κ1) is 21.1. The summed E-state index contributed by atoms with van der Waals surface area (Å²) in [6.07, 6.45) is 1.02. The van der Waals surface area contributed by atoms with Crippen molar-refractivity contribution in [1.82, 2.24) is 0 Å². The summed E-state index contributed by atoms with van der Waals surface area (Å²) in [5.74, 6) is -0.304. The van der Waals surface area contributed by atoms with Gasteiger partial charge in [-0.15, -0.1) is 0 Å². The minimum Gasteiger partial charge on any atom is -0.748 e. The molecule has 0 aromatic heterocycles. The van der Waals surface area contributed by atoms with Gasteiger partial charge in [-0.2, -0.15) is 0 Å². The molecule has 1 heterocycles. The molecule has 0 fully saturated rings. The third kappa shape index (κ3) is 4.21. The molecule has 6 heteroatoms. The van der Waals surface area contributed by atoms with Gasteiger partial charge in [-0.25, -0.2) is 8.42 Å². The number of allylic oxidation sites excluding steroid dienone is 1. The van der Waals surface area contributed by atoms with Crippen molar-refractivity contribution in [1.29, 1.82) is 0 Å². The molecule has 1 aliphatic rings. The van der Waals surface area contributed by atoms with E-state index in [0.29, 0.717) is 19.4 Å². The number of nitrogens with zero attached hydrogens (tertiary/aromatic N) is 1. The van der Waals surface area contributed by atoms with Crippen molar-refractivity contribution in [2.45, 2.75) is 32.1 Å². The summed E-state index contributed by atoms with van der Waals surface area (Å²) in [4.78, 5) is 2.17. The molecule has 0 bridgehead atoms. The number of rotatable bonds is 5. The second-order valence-corrected chi connectivity index (χ2v) is 8.40. The number of hydrogen-bond acceptors (Lipinski definition) is 4. The molecule has 0 saturated heterocycles. The van der Waals surface area contributed by atoms with Gasteiger partial charge in [-0.05, 0) is 35.2 Å². The summed E-state index contributed by atoms with van der Waals surface area (Å²) < 4.78 is 32.3. The van der Waals surface area contributed by atoms with Crippen LogP contribution >= 0.6 is 0 Å². The van der Waals surface area contributed by atoms with E-state index in [0.717, 1.165) is 11.4 Å². The molecular formula is C19H22KNO3S. The molecule has 0 unspecified atom stereocenters. The second-order valence-electron chi connectivity index (χ2n) is 6.87. The predicted molar refractivity (Wildman–Crippen MR) is 97.3 cm³/mol. The zero-order valence-electron chi connectivity index (χ0n) is 15.1. The topological polar surface area (TPSA) is 60.4 Å². The molecule has 25 heavy (non-hydrogen) atoms.